The van der Waals surface area contributed by atoms with Gasteiger partial charge in [-0.25, -0.2) is 9.40 Å². The Morgan fingerprint density at radius 3 is 2.63 bits per heavy atom. The van der Waals surface area contributed by atoms with Crippen LogP contribution in [0.1, 0.15) is 48.5 Å². The van der Waals surface area contributed by atoms with Crippen molar-refractivity contribution >= 4 is 23.1 Å². The molecule has 2 aliphatic heterocycles. The Balaban J connectivity index is 1.52. The molecule has 12 heteroatoms. The zero-order valence-electron chi connectivity index (χ0n) is 21.1. The van der Waals surface area contributed by atoms with E-state index < -0.39 is 41.7 Å². The molecule has 2 fully saturated rings. The Morgan fingerprint density at radius 1 is 1.24 bits per heavy atom. The van der Waals surface area contributed by atoms with Gasteiger partial charge in [0.2, 0.25) is 6.35 Å². The maximum atomic E-state index is 15.5. The smallest absolute Gasteiger partial charge is 0.425 e. The van der Waals surface area contributed by atoms with Crippen LogP contribution in [0.25, 0.3) is 0 Å². The van der Waals surface area contributed by atoms with E-state index in [2.05, 4.69) is 10.4 Å². The maximum absolute atomic E-state index is 15.5. The minimum atomic E-state index is -4.74. The quantitative estimate of drug-likeness (QED) is 0.505. The van der Waals surface area contributed by atoms with E-state index >= 15 is 4.39 Å². The molecule has 2 atom stereocenters. The molecular formula is C26H28F4N4O4. The van der Waals surface area contributed by atoms with E-state index in [0.717, 1.165) is 43.3 Å². The lowest BCUT2D eigenvalue weighted by Crippen LogP contribution is -2.46. The van der Waals surface area contributed by atoms with Crippen molar-refractivity contribution < 1.29 is 36.9 Å². The van der Waals surface area contributed by atoms with Crippen LogP contribution in [0.2, 0.25) is 0 Å². The molecule has 8 nitrogen and oxygen atoms in total. The molecule has 1 unspecified atom stereocenters. The zero-order valence-corrected chi connectivity index (χ0v) is 21.1. The fourth-order valence-corrected chi connectivity index (χ4v) is 4.85. The van der Waals surface area contributed by atoms with Gasteiger partial charge in [0.1, 0.15) is 28.8 Å². The topological polar surface area (TPSA) is 86.6 Å². The second kappa shape index (κ2) is 9.33. The monoisotopic (exact) mass is 536 g/mol. The summed E-state index contributed by atoms with van der Waals surface area (Å²) in [6.07, 6.45) is -4.74. The van der Waals surface area contributed by atoms with Crippen LogP contribution in [0, 0.1) is 18.2 Å². The van der Waals surface area contributed by atoms with Crippen molar-refractivity contribution in [2.45, 2.75) is 58.2 Å². The summed E-state index contributed by atoms with van der Waals surface area (Å²) >= 11 is 0. The molecule has 1 amide bonds. The number of fused-ring (bicyclic) bond motifs is 1. The van der Waals surface area contributed by atoms with Gasteiger partial charge in [-0.1, -0.05) is 12.1 Å². The number of anilines is 2. The molecule has 1 aliphatic carbocycles. The standard InChI is InChI=1S/C26H28F4N4O4/c1-14-5-4-6-19(37-3)22(14)31-23(35)16-11-17(27)18(12-20(16)38-15(2)26(28,29)30)34-24(36)33-10-9-25(7-8-25)13-21(33)32-34/h4-6,11-12,15,24,36H,7-10,13H2,1-3H3,(H,31,35)/t15-,24?/m0/s1. The molecule has 1 saturated carbocycles. The number of para-hydroxylation sites is 1. The van der Waals surface area contributed by atoms with Gasteiger partial charge in [0.25, 0.3) is 5.91 Å². The number of nitrogens with one attached hydrogen (secondary N) is 1. The second-order valence-electron chi connectivity index (χ2n) is 10.0. The van der Waals surface area contributed by atoms with Crippen LogP contribution in [0.5, 0.6) is 11.5 Å². The van der Waals surface area contributed by atoms with Crippen molar-refractivity contribution in [2.75, 3.05) is 24.0 Å². The number of aliphatic hydroxyl groups is 1. The Hall–Kier alpha value is -3.54. The van der Waals surface area contributed by atoms with Crippen molar-refractivity contribution in [2.24, 2.45) is 10.5 Å². The molecule has 0 radical (unpaired) electrons. The van der Waals surface area contributed by atoms with E-state index in [4.69, 9.17) is 9.47 Å². The summed E-state index contributed by atoms with van der Waals surface area (Å²) in [6, 6.07) is 6.78. The number of methoxy groups -OCH3 is 1. The van der Waals surface area contributed by atoms with Crippen LogP contribution in [-0.2, 0) is 0 Å². The lowest BCUT2D eigenvalue weighted by atomic mass is 9.93. The Labute approximate surface area is 216 Å². The molecule has 38 heavy (non-hydrogen) atoms. The SMILES string of the molecule is COc1cccc(C)c1NC(=O)c1cc(F)c(N2N=C3CC4(CCN3C2O)CC4)cc1O[C@@H](C)C(F)(F)F. The molecular weight excluding hydrogens is 508 g/mol. The van der Waals surface area contributed by atoms with Gasteiger partial charge in [-0.2, -0.15) is 18.3 Å². The first-order valence-electron chi connectivity index (χ1n) is 12.3. The largest absolute Gasteiger partial charge is 0.495 e. The van der Waals surface area contributed by atoms with Gasteiger partial charge in [-0.05, 0) is 56.2 Å². The second-order valence-corrected chi connectivity index (χ2v) is 10.0. The van der Waals surface area contributed by atoms with Crippen LogP contribution in [0.15, 0.2) is 35.4 Å². The first-order valence-corrected chi connectivity index (χ1v) is 12.3. The average Bonchev–Trinajstić information content (AvgIpc) is 3.53. The number of benzene rings is 2. The van der Waals surface area contributed by atoms with Gasteiger partial charge in [-0.3, -0.25) is 4.79 Å². The number of amidine groups is 1. The molecule has 3 aliphatic rings. The molecule has 5 rings (SSSR count). The van der Waals surface area contributed by atoms with Gasteiger partial charge in [0, 0.05) is 19.0 Å². The summed E-state index contributed by atoms with van der Waals surface area (Å²) in [7, 11) is 1.40. The van der Waals surface area contributed by atoms with Crippen LogP contribution < -0.4 is 19.8 Å². The van der Waals surface area contributed by atoms with Gasteiger partial charge >= 0.3 is 6.18 Å². The summed E-state index contributed by atoms with van der Waals surface area (Å²) in [4.78, 5) is 14.9. The van der Waals surface area contributed by atoms with Crippen LogP contribution in [0.4, 0.5) is 28.9 Å². The fourth-order valence-electron chi connectivity index (χ4n) is 4.85. The van der Waals surface area contributed by atoms with Crippen LogP contribution in [0.3, 0.4) is 0 Å². The zero-order chi connectivity index (χ0) is 27.4. The molecule has 2 heterocycles. The molecule has 0 aromatic heterocycles. The predicted molar refractivity (Wildman–Crippen MR) is 132 cm³/mol. The summed E-state index contributed by atoms with van der Waals surface area (Å²) in [5.74, 6) is -1.44. The fraction of sp³-hybridized carbons (Fsp3) is 0.462. The van der Waals surface area contributed by atoms with E-state index in [1.807, 2.05) is 0 Å². The third-order valence-electron chi connectivity index (χ3n) is 7.42. The van der Waals surface area contributed by atoms with Gasteiger partial charge < -0.3 is 24.8 Å². The maximum Gasteiger partial charge on any atom is 0.425 e. The Kier molecular flexibility index (Phi) is 6.41. The number of hydrazone groups is 1. The predicted octanol–water partition coefficient (Wildman–Crippen LogP) is 5.01. The van der Waals surface area contributed by atoms with Gasteiger partial charge in [-0.15, -0.1) is 0 Å². The molecule has 2 aromatic rings. The number of carbonyl (C=O) groups excluding carboxylic acids is 1. The minimum Gasteiger partial charge on any atom is -0.495 e. The van der Waals surface area contributed by atoms with E-state index in [0.29, 0.717) is 30.1 Å². The minimum absolute atomic E-state index is 0.165. The third-order valence-corrected chi connectivity index (χ3v) is 7.42. The molecule has 1 saturated heterocycles. The summed E-state index contributed by atoms with van der Waals surface area (Å²) in [5.41, 5.74) is 0.314. The van der Waals surface area contributed by atoms with Crippen LogP contribution in [-0.4, -0.2) is 54.0 Å². The van der Waals surface area contributed by atoms with Crippen molar-refractivity contribution in [3.05, 3.63) is 47.3 Å². The summed E-state index contributed by atoms with van der Waals surface area (Å²) in [6.45, 7) is 3.03. The number of carbonyl (C=O) groups is 1. The first kappa shape index (κ1) is 26.1. The van der Waals surface area contributed by atoms with E-state index in [-0.39, 0.29) is 16.8 Å². The Bertz CT molecular complexity index is 1290. The van der Waals surface area contributed by atoms with Crippen molar-refractivity contribution in [3.8, 4) is 11.5 Å². The number of hydrogen-bond donors (Lipinski definition) is 2. The Morgan fingerprint density at radius 2 is 1.97 bits per heavy atom. The van der Waals surface area contributed by atoms with Crippen molar-refractivity contribution in [1.29, 1.82) is 0 Å². The number of nitrogens with zero attached hydrogens (tertiary/aromatic N) is 3. The lowest BCUT2D eigenvalue weighted by molar-refractivity contribution is -0.189. The molecule has 2 N–H and O–H groups in total. The van der Waals surface area contributed by atoms with Crippen molar-refractivity contribution in [1.82, 2.24) is 4.90 Å². The third kappa shape index (κ3) is 4.72. The number of piperidine rings is 1. The highest BCUT2D eigenvalue weighted by Gasteiger charge is 2.50. The first-order chi connectivity index (χ1) is 17.9. The number of alkyl halides is 3. The highest BCUT2D eigenvalue weighted by atomic mass is 19.4. The number of ether oxygens (including phenoxy) is 2. The number of rotatable bonds is 6. The molecule has 204 valence electrons. The summed E-state index contributed by atoms with van der Waals surface area (Å²) < 4.78 is 66.1. The normalized spacial score (nSPS) is 20.6. The average molecular weight is 537 g/mol. The molecule has 1 spiro atoms. The van der Waals surface area contributed by atoms with Crippen molar-refractivity contribution in [3.63, 3.8) is 0 Å². The summed E-state index contributed by atoms with van der Waals surface area (Å²) in [5, 5.41) is 18.9. The van der Waals surface area contributed by atoms with E-state index in [1.165, 1.54) is 7.11 Å². The molecule has 2 aromatic carbocycles. The lowest BCUT2D eigenvalue weighted by Gasteiger charge is -2.33. The number of halogens is 4. The van der Waals surface area contributed by atoms with E-state index in [9.17, 15) is 23.1 Å². The van der Waals surface area contributed by atoms with E-state index in [1.54, 1.807) is 30.0 Å². The van der Waals surface area contributed by atoms with Crippen LogP contribution >= 0.6 is 0 Å². The molecule has 0 bridgehead atoms. The highest BCUT2D eigenvalue weighted by Crippen LogP contribution is 2.55. The number of amides is 1. The van der Waals surface area contributed by atoms with Gasteiger partial charge in [0.15, 0.2) is 6.10 Å². The number of hydrogen-bond acceptors (Lipinski definition) is 7. The number of aliphatic hydroxyl groups excluding tert-OH is 1. The highest BCUT2D eigenvalue weighted by molar-refractivity contribution is 6.07. The number of aryl methyl sites for hydroxylation is 1. The van der Waals surface area contributed by atoms with Gasteiger partial charge in [0.05, 0.1) is 18.4 Å².